The van der Waals surface area contributed by atoms with Gasteiger partial charge in [-0.1, -0.05) is 19.1 Å². The van der Waals surface area contributed by atoms with Crippen LogP contribution >= 0.6 is 0 Å². The summed E-state index contributed by atoms with van der Waals surface area (Å²) in [6.07, 6.45) is 1.21. The Kier molecular flexibility index (Phi) is 3.79. The smallest absolute Gasteiger partial charge is 0.126 e. The van der Waals surface area contributed by atoms with Crippen LogP contribution < -0.4 is 5.73 Å². The second-order valence-corrected chi connectivity index (χ2v) is 5.15. The molecule has 2 rings (SSSR count). The van der Waals surface area contributed by atoms with Crippen LogP contribution in [0.4, 0.5) is 4.39 Å². The molecule has 1 fully saturated rings. The minimum atomic E-state index is -0.131. The van der Waals surface area contributed by atoms with Crippen molar-refractivity contribution in [3.63, 3.8) is 0 Å². The Hall–Kier alpha value is -0.930. The number of halogens is 1. The predicted octanol–water partition coefficient (Wildman–Crippen LogP) is 2.48. The lowest BCUT2D eigenvalue weighted by Gasteiger charge is -2.27. The molecule has 1 heterocycles. The molecule has 0 aromatic heterocycles. The fraction of sp³-hybridized carbons (Fsp3) is 0.571. The molecule has 94 valence electrons. The van der Waals surface area contributed by atoms with Gasteiger partial charge in [0.05, 0.1) is 0 Å². The van der Waals surface area contributed by atoms with E-state index in [1.807, 2.05) is 12.1 Å². The number of aryl methyl sites for hydroxylation is 1. The number of hydrogen-bond acceptors (Lipinski definition) is 2. The van der Waals surface area contributed by atoms with Crippen LogP contribution in [0.25, 0.3) is 0 Å². The standard InChI is InChI=1S/C14H21FN2/c1-10-5-6-17(9-10)14(8-16)12-4-3-11(2)13(15)7-12/h3-4,7,10,14H,5-6,8-9,16H2,1-2H3. The number of rotatable bonds is 3. The van der Waals surface area contributed by atoms with E-state index in [1.165, 1.54) is 6.42 Å². The topological polar surface area (TPSA) is 29.3 Å². The van der Waals surface area contributed by atoms with Crippen molar-refractivity contribution in [3.8, 4) is 0 Å². The molecule has 0 radical (unpaired) electrons. The fourth-order valence-electron chi connectivity index (χ4n) is 2.56. The lowest BCUT2D eigenvalue weighted by atomic mass is 10.0. The van der Waals surface area contributed by atoms with E-state index in [1.54, 1.807) is 13.0 Å². The summed E-state index contributed by atoms with van der Waals surface area (Å²) in [5.74, 6) is 0.590. The zero-order valence-electron chi connectivity index (χ0n) is 10.6. The van der Waals surface area contributed by atoms with Crippen LogP contribution in [0.3, 0.4) is 0 Å². The highest BCUT2D eigenvalue weighted by Gasteiger charge is 2.26. The molecule has 3 heteroatoms. The van der Waals surface area contributed by atoms with Crippen LogP contribution in [-0.2, 0) is 0 Å². The first-order valence-corrected chi connectivity index (χ1v) is 6.32. The van der Waals surface area contributed by atoms with Crippen LogP contribution in [0.15, 0.2) is 18.2 Å². The summed E-state index contributed by atoms with van der Waals surface area (Å²) in [4.78, 5) is 2.37. The molecule has 1 aliphatic rings. The van der Waals surface area contributed by atoms with Crippen molar-refractivity contribution in [3.05, 3.63) is 35.1 Å². The maximum absolute atomic E-state index is 13.6. The normalized spacial score (nSPS) is 22.9. The molecule has 1 aromatic rings. The zero-order chi connectivity index (χ0) is 12.4. The predicted molar refractivity (Wildman–Crippen MR) is 68.3 cm³/mol. The van der Waals surface area contributed by atoms with E-state index in [0.29, 0.717) is 12.1 Å². The summed E-state index contributed by atoms with van der Waals surface area (Å²) < 4.78 is 13.6. The molecule has 17 heavy (non-hydrogen) atoms. The second kappa shape index (κ2) is 5.15. The number of nitrogens with zero attached hydrogens (tertiary/aromatic N) is 1. The van der Waals surface area contributed by atoms with Crippen molar-refractivity contribution in [1.82, 2.24) is 4.90 Å². The molecule has 0 amide bonds. The maximum atomic E-state index is 13.6. The first-order valence-electron chi connectivity index (χ1n) is 6.32. The quantitative estimate of drug-likeness (QED) is 0.873. The molecule has 2 unspecified atom stereocenters. The first-order chi connectivity index (χ1) is 8.11. The van der Waals surface area contributed by atoms with Gasteiger partial charge in [-0.05, 0) is 43.0 Å². The van der Waals surface area contributed by atoms with Gasteiger partial charge < -0.3 is 5.73 Å². The van der Waals surface area contributed by atoms with Crippen molar-refractivity contribution in [2.45, 2.75) is 26.3 Å². The number of likely N-dealkylation sites (tertiary alicyclic amines) is 1. The largest absolute Gasteiger partial charge is 0.329 e. The Morgan fingerprint density at radius 2 is 2.29 bits per heavy atom. The molecule has 0 spiro atoms. The van der Waals surface area contributed by atoms with Gasteiger partial charge in [0.15, 0.2) is 0 Å². The van der Waals surface area contributed by atoms with Crippen molar-refractivity contribution in [2.75, 3.05) is 19.6 Å². The third kappa shape index (κ3) is 2.67. The Morgan fingerprint density at radius 1 is 1.53 bits per heavy atom. The van der Waals surface area contributed by atoms with E-state index < -0.39 is 0 Å². The van der Waals surface area contributed by atoms with E-state index in [-0.39, 0.29) is 11.9 Å². The van der Waals surface area contributed by atoms with E-state index in [2.05, 4.69) is 11.8 Å². The van der Waals surface area contributed by atoms with Crippen molar-refractivity contribution >= 4 is 0 Å². The minimum absolute atomic E-state index is 0.131. The summed E-state index contributed by atoms with van der Waals surface area (Å²) in [5.41, 5.74) is 7.55. The molecule has 0 aliphatic carbocycles. The number of nitrogens with two attached hydrogens (primary N) is 1. The van der Waals surface area contributed by atoms with Crippen LogP contribution in [0.5, 0.6) is 0 Å². The molecule has 1 aromatic carbocycles. The fourth-order valence-corrected chi connectivity index (χ4v) is 2.56. The molecule has 0 saturated carbocycles. The van der Waals surface area contributed by atoms with E-state index in [9.17, 15) is 4.39 Å². The molecule has 2 atom stereocenters. The molecular formula is C14H21FN2. The van der Waals surface area contributed by atoms with Crippen LogP contribution in [0, 0.1) is 18.7 Å². The van der Waals surface area contributed by atoms with Gasteiger partial charge >= 0.3 is 0 Å². The highest BCUT2D eigenvalue weighted by molar-refractivity contribution is 5.26. The van der Waals surface area contributed by atoms with E-state index >= 15 is 0 Å². The molecule has 1 aliphatic heterocycles. The van der Waals surface area contributed by atoms with Gasteiger partial charge in [-0.25, -0.2) is 4.39 Å². The van der Waals surface area contributed by atoms with Crippen LogP contribution in [-0.4, -0.2) is 24.5 Å². The highest BCUT2D eigenvalue weighted by atomic mass is 19.1. The average molecular weight is 236 g/mol. The van der Waals surface area contributed by atoms with E-state index in [0.717, 1.165) is 24.6 Å². The maximum Gasteiger partial charge on any atom is 0.126 e. The lowest BCUT2D eigenvalue weighted by molar-refractivity contribution is 0.243. The van der Waals surface area contributed by atoms with E-state index in [4.69, 9.17) is 5.73 Å². The molecule has 0 bridgehead atoms. The van der Waals surface area contributed by atoms with Gasteiger partial charge in [0, 0.05) is 19.1 Å². The Morgan fingerprint density at radius 3 is 2.82 bits per heavy atom. The van der Waals surface area contributed by atoms with Crippen molar-refractivity contribution < 1.29 is 4.39 Å². The average Bonchev–Trinajstić information content (AvgIpc) is 2.71. The SMILES string of the molecule is Cc1ccc(C(CN)N2CCC(C)C2)cc1F. The molecule has 2 nitrogen and oxygen atoms in total. The van der Waals surface area contributed by atoms with Gasteiger partial charge in [0.1, 0.15) is 5.82 Å². The molecule has 2 N–H and O–H groups in total. The van der Waals surface area contributed by atoms with Gasteiger partial charge in [-0.3, -0.25) is 4.90 Å². The third-order valence-electron chi connectivity index (χ3n) is 3.70. The van der Waals surface area contributed by atoms with Gasteiger partial charge in [-0.15, -0.1) is 0 Å². The van der Waals surface area contributed by atoms with Crippen LogP contribution in [0.2, 0.25) is 0 Å². The molecule has 1 saturated heterocycles. The van der Waals surface area contributed by atoms with Crippen molar-refractivity contribution in [2.24, 2.45) is 11.7 Å². The van der Waals surface area contributed by atoms with Gasteiger partial charge in [0.2, 0.25) is 0 Å². The monoisotopic (exact) mass is 236 g/mol. The Bertz CT molecular complexity index is 392. The highest BCUT2D eigenvalue weighted by Crippen LogP contribution is 2.27. The summed E-state index contributed by atoms with van der Waals surface area (Å²) in [6.45, 7) is 6.73. The molecular weight excluding hydrogens is 215 g/mol. The second-order valence-electron chi connectivity index (χ2n) is 5.15. The zero-order valence-corrected chi connectivity index (χ0v) is 10.6. The minimum Gasteiger partial charge on any atom is -0.329 e. The van der Waals surface area contributed by atoms with Crippen molar-refractivity contribution in [1.29, 1.82) is 0 Å². The summed E-state index contributed by atoms with van der Waals surface area (Å²) in [7, 11) is 0. The Labute approximate surface area is 103 Å². The van der Waals surface area contributed by atoms with Crippen LogP contribution in [0.1, 0.15) is 30.5 Å². The number of hydrogen-bond donors (Lipinski definition) is 1. The van der Waals surface area contributed by atoms with Gasteiger partial charge in [0.25, 0.3) is 0 Å². The summed E-state index contributed by atoms with van der Waals surface area (Å²) in [5, 5.41) is 0. The summed E-state index contributed by atoms with van der Waals surface area (Å²) >= 11 is 0. The first kappa shape index (κ1) is 12.5. The number of benzene rings is 1. The third-order valence-corrected chi connectivity index (χ3v) is 3.70. The van der Waals surface area contributed by atoms with Gasteiger partial charge in [-0.2, -0.15) is 0 Å². The summed E-state index contributed by atoms with van der Waals surface area (Å²) in [6, 6.07) is 5.64. The Balaban J connectivity index is 2.20. The lowest BCUT2D eigenvalue weighted by Crippen LogP contribution is -2.32.